The highest BCUT2D eigenvalue weighted by Gasteiger charge is 2.19. The van der Waals surface area contributed by atoms with Gasteiger partial charge >= 0.3 is 0 Å². The van der Waals surface area contributed by atoms with Crippen molar-refractivity contribution < 1.29 is 0 Å². The first-order valence-electron chi connectivity index (χ1n) is 6.28. The van der Waals surface area contributed by atoms with Crippen molar-refractivity contribution >= 4 is 17.3 Å². The summed E-state index contributed by atoms with van der Waals surface area (Å²) in [5, 5.41) is 7.55. The molecular formula is C12H24N2S. The molecule has 2 unspecified atom stereocenters. The smallest absolute Gasteiger partial charge is 0.166 e. The zero-order chi connectivity index (χ0) is 11.1. The highest BCUT2D eigenvalue weighted by atomic mass is 32.1. The average Bonchev–Trinajstić information content (AvgIpc) is 2.42. The maximum Gasteiger partial charge on any atom is 0.166 e. The number of hydrogen-bond acceptors (Lipinski definition) is 1. The van der Waals surface area contributed by atoms with Crippen LogP contribution in [-0.4, -0.2) is 17.7 Å². The van der Waals surface area contributed by atoms with Crippen LogP contribution in [0.15, 0.2) is 0 Å². The molecule has 2 atom stereocenters. The molecule has 2 N–H and O–H groups in total. The summed E-state index contributed by atoms with van der Waals surface area (Å²) in [4.78, 5) is 0. The molecule has 0 saturated heterocycles. The van der Waals surface area contributed by atoms with Gasteiger partial charge in [0.25, 0.3) is 0 Å². The summed E-state index contributed by atoms with van der Waals surface area (Å²) in [5.41, 5.74) is 0. The van der Waals surface area contributed by atoms with Gasteiger partial charge in [-0.25, -0.2) is 0 Å². The van der Waals surface area contributed by atoms with Gasteiger partial charge in [0.2, 0.25) is 0 Å². The Morgan fingerprint density at radius 1 is 1.27 bits per heavy atom. The summed E-state index contributed by atoms with van der Waals surface area (Å²) < 4.78 is 0. The van der Waals surface area contributed by atoms with Crippen LogP contribution >= 0.6 is 12.2 Å². The summed E-state index contributed by atoms with van der Waals surface area (Å²) in [7, 11) is 0. The lowest BCUT2D eigenvalue weighted by molar-refractivity contribution is 0.399. The van der Waals surface area contributed by atoms with E-state index >= 15 is 0 Å². The Labute approximate surface area is 99.2 Å². The first kappa shape index (κ1) is 12.8. The van der Waals surface area contributed by atoms with Crippen LogP contribution in [0.5, 0.6) is 0 Å². The van der Waals surface area contributed by atoms with E-state index in [0.717, 1.165) is 24.0 Å². The second kappa shape index (κ2) is 7.04. The molecule has 1 aliphatic carbocycles. The molecule has 0 aromatic carbocycles. The Morgan fingerprint density at radius 2 is 2.00 bits per heavy atom. The molecule has 1 fully saturated rings. The Balaban J connectivity index is 2.30. The van der Waals surface area contributed by atoms with E-state index in [0.29, 0.717) is 6.04 Å². The fourth-order valence-corrected chi connectivity index (χ4v) is 2.42. The molecule has 3 heteroatoms. The van der Waals surface area contributed by atoms with E-state index in [-0.39, 0.29) is 0 Å². The van der Waals surface area contributed by atoms with Crippen LogP contribution in [0.4, 0.5) is 0 Å². The van der Waals surface area contributed by atoms with Crippen LogP contribution in [0.2, 0.25) is 0 Å². The molecule has 2 nitrogen and oxygen atoms in total. The molecule has 0 bridgehead atoms. The summed E-state index contributed by atoms with van der Waals surface area (Å²) in [6.07, 6.45) is 7.86. The van der Waals surface area contributed by atoms with Gasteiger partial charge in [-0.05, 0) is 37.4 Å². The topological polar surface area (TPSA) is 24.1 Å². The zero-order valence-corrected chi connectivity index (χ0v) is 10.8. The molecule has 0 spiro atoms. The average molecular weight is 228 g/mol. The van der Waals surface area contributed by atoms with E-state index < -0.39 is 0 Å². The van der Waals surface area contributed by atoms with Crippen LogP contribution in [-0.2, 0) is 0 Å². The summed E-state index contributed by atoms with van der Waals surface area (Å²) >= 11 is 5.28. The van der Waals surface area contributed by atoms with E-state index in [1.807, 2.05) is 0 Å². The van der Waals surface area contributed by atoms with Crippen molar-refractivity contribution in [3.8, 4) is 0 Å². The minimum absolute atomic E-state index is 0.587. The molecule has 0 aliphatic heterocycles. The van der Waals surface area contributed by atoms with Crippen molar-refractivity contribution in [3.63, 3.8) is 0 Å². The predicted molar refractivity (Wildman–Crippen MR) is 70.1 cm³/mol. The molecule has 0 amide bonds. The summed E-state index contributed by atoms with van der Waals surface area (Å²) in [6, 6.07) is 0.587. The highest BCUT2D eigenvalue weighted by Crippen LogP contribution is 2.22. The molecule has 0 radical (unpaired) electrons. The van der Waals surface area contributed by atoms with Crippen molar-refractivity contribution in [2.24, 2.45) is 5.92 Å². The number of nitrogens with one attached hydrogen (secondary N) is 2. The molecule has 0 aromatic heterocycles. The lowest BCUT2D eigenvalue weighted by atomic mass is 9.97. The van der Waals surface area contributed by atoms with Gasteiger partial charge in [-0.3, -0.25) is 0 Å². The molecule has 1 saturated carbocycles. The second-order valence-electron chi connectivity index (χ2n) is 4.62. The first-order chi connectivity index (χ1) is 7.24. The van der Waals surface area contributed by atoms with Crippen LogP contribution in [0, 0.1) is 5.92 Å². The standard InChI is InChI=1S/C12H24N2S/c1-3-9-13-12(15)14-11-8-6-4-5-7-10(11)2/h10-11H,3-9H2,1-2H3,(H2,13,14,15). The normalized spacial score (nSPS) is 26.8. The minimum Gasteiger partial charge on any atom is -0.363 e. The molecule has 0 aromatic rings. The van der Waals surface area contributed by atoms with Gasteiger partial charge in [0.05, 0.1) is 0 Å². The molecule has 1 aliphatic rings. The SMILES string of the molecule is CCCNC(=S)NC1CCCCCC1C. The monoisotopic (exact) mass is 228 g/mol. The third-order valence-corrected chi connectivity index (χ3v) is 3.48. The first-order valence-corrected chi connectivity index (χ1v) is 6.69. The predicted octanol–water partition coefficient (Wildman–Crippen LogP) is 2.83. The van der Waals surface area contributed by atoms with Crippen molar-refractivity contribution in [1.82, 2.24) is 10.6 Å². The van der Waals surface area contributed by atoms with Crippen LogP contribution in [0.3, 0.4) is 0 Å². The van der Waals surface area contributed by atoms with Crippen LogP contribution in [0.25, 0.3) is 0 Å². The van der Waals surface area contributed by atoms with E-state index in [9.17, 15) is 0 Å². The van der Waals surface area contributed by atoms with Crippen molar-refractivity contribution in [2.75, 3.05) is 6.54 Å². The van der Waals surface area contributed by atoms with Gasteiger partial charge in [0, 0.05) is 12.6 Å². The van der Waals surface area contributed by atoms with Crippen molar-refractivity contribution in [2.45, 2.75) is 58.4 Å². The molecule has 1 rings (SSSR count). The Bertz CT molecular complexity index is 194. The largest absolute Gasteiger partial charge is 0.363 e. The Hall–Kier alpha value is -0.310. The quantitative estimate of drug-likeness (QED) is 0.574. The molecular weight excluding hydrogens is 204 g/mol. The van der Waals surface area contributed by atoms with Gasteiger partial charge in [0.15, 0.2) is 5.11 Å². The Morgan fingerprint density at radius 3 is 2.73 bits per heavy atom. The molecule has 88 valence electrons. The summed E-state index contributed by atoms with van der Waals surface area (Å²) in [5.74, 6) is 0.758. The number of rotatable bonds is 3. The number of hydrogen-bond donors (Lipinski definition) is 2. The minimum atomic E-state index is 0.587. The summed E-state index contributed by atoms with van der Waals surface area (Å²) in [6.45, 7) is 5.47. The van der Waals surface area contributed by atoms with Gasteiger partial charge in [-0.2, -0.15) is 0 Å². The lowest BCUT2D eigenvalue weighted by Gasteiger charge is -2.24. The third-order valence-electron chi connectivity index (χ3n) is 3.21. The van der Waals surface area contributed by atoms with Gasteiger partial charge in [-0.1, -0.05) is 33.1 Å². The number of thiocarbonyl (C=S) groups is 1. The molecule has 0 heterocycles. The maximum absolute atomic E-state index is 5.28. The van der Waals surface area contributed by atoms with Crippen LogP contribution < -0.4 is 10.6 Å². The Kier molecular flexibility index (Phi) is 5.99. The van der Waals surface area contributed by atoms with Gasteiger partial charge < -0.3 is 10.6 Å². The van der Waals surface area contributed by atoms with Gasteiger partial charge in [0.1, 0.15) is 0 Å². The maximum atomic E-state index is 5.28. The molecule has 15 heavy (non-hydrogen) atoms. The highest BCUT2D eigenvalue weighted by molar-refractivity contribution is 7.80. The van der Waals surface area contributed by atoms with E-state index in [1.54, 1.807) is 0 Å². The lowest BCUT2D eigenvalue weighted by Crippen LogP contribution is -2.44. The third kappa shape index (κ3) is 4.83. The van der Waals surface area contributed by atoms with E-state index in [4.69, 9.17) is 12.2 Å². The van der Waals surface area contributed by atoms with Crippen LogP contribution in [0.1, 0.15) is 52.4 Å². The van der Waals surface area contributed by atoms with E-state index in [2.05, 4.69) is 24.5 Å². The second-order valence-corrected chi connectivity index (χ2v) is 5.03. The van der Waals surface area contributed by atoms with E-state index in [1.165, 1.54) is 32.1 Å². The van der Waals surface area contributed by atoms with Gasteiger partial charge in [-0.15, -0.1) is 0 Å². The van der Waals surface area contributed by atoms with Crippen molar-refractivity contribution in [1.29, 1.82) is 0 Å². The fourth-order valence-electron chi connectivity index (χ4n) is 2.17. The fraction of sp³-hybridized carbons (Fsp3) is 0.917. The van der Waals surface area contributed by atoms with Crippen molar-refractivity contribution in [3.05, 3.63) is 0 Å². The zero-order valence-electron chi connectivity index (χ0n) is 10.0.